The molecule has 0 radical (unpaired) electrons. The zero-order valence-corrected chi connectivity index (χ0v) is 44.0. The summed E-state index contributed by atoms with van der Waals surface area (Å²) in [6.45, 7) is 9.01. The van der Waals surface area contributed by atoms with Gasteiger partial charge < -0.3 is 32.2 Å². The average Bonchev–Trinajstić information content (AvgIpc) is 4.52. The Hall–Kier alpha value is -9.72. The molecule has 15 aromatic rings. The van der Waals surface area contributed by atoms with Gasteiger partial charge in [0.05, 0.1) is 33.8 Å². The van der Waals surface area contributed by atoms with Gasteiger partial charge in [-0.3, -0.25) is 0 Å². The van der Waals surface area contributed by atoms with Crippen LogP contribution in [0.25, 0.3) is 104 Å². The first-order valence-corrected chi connectivity index (χ1v) is 27.6. The molecule has 0 fully saturated rings. The van der Waals surface area contributed by atoms with Gasteiger partial charge in [0, 0.05) is 76.7 Å². The summed E-state index contributed by atoms with van der Waals surface area (Å²) in [5, 5.41) is 10.7. The van der Waals surface area contributed by atoms with Crippen LogP contribution in [0.3, 0.4) is 0 Å². The first-order chi connectivity index (χ1) is 38.9. The first kappa shape index (κ1) is 44.4. The van der Waals surface area contributed by atoms with Gasteiger partial charge in [0.2, 0.25) is 0 Å². The van der Waals surface area contributed by atoms with Crippen molar-refractivity contribution in [3.63, 3.8) is 0 Å². The number of rotatable bonds is 8. The van der Waals surface area contributed by atoms with Crippen molar-refractivity contribution in [3.8, 4) is 5.75 Å². The summed E-state index contributed by atoms with van der Waals surface area (Å²) < 4.78 is 31.1. The second-order valence-electron chi connectivity index (χ2n) is 22.2. The molecule has 7 heteroatoms. The van der Waals surface area contributed by atoms with Crippen molar-refractivity contribution in [2.24, 2.45) is 0 Å². The van der Waals surface area contributed by atoms with Crippen molar-refractivity contribution in [2.75, 3.05) is 9.80 Å². The molecule has 378 valence electrons. The topological polar surface area (TPSA) is 59.5 Å². The lowest BCUT2D eigenvalue weighted by molar-refractivity contribution is 0.271. The maximum absolute atomic E-state index is 7.38. The van der Waals surface area contributed by atoms with E-state index in [0.29, 0.717) is 11.8 Å². The molecule has 2 unspecified atom stereocenters. The zero-order chi connectivity index (χ0) is 52.4. The van der Waals surface area contributed by atoms with Gasteiger partial charge in [0.1, 0.15) is 34.1 Å². The van der Waals surface area contributed by atoms with Crippen molar-refractivity contribution in [3.05, 3.63) is 229 Å². The van der Waals surface area contributed by atoms with Crippen LogP contribution in [0.4, 0.5) is 34.1 Å². The molecule has 2 aliphatic rings. The van der Waals surface area contributed by atoms with Gasteiger partial charge in [0.15, 0.2) is 16.7 Å². The Labute approximate surface area is 454 Å². The lowest BCUT2D eigenvalue weighted by atomic mass is 9.90. The highest BCUT2D eigenvalue weighted by atomic mass is 16.5. The molecule has 0 bridgehead atoms. The molecule has 0 spiro atoms. The summed E-state index contributed by atoms with van der Waals surface area (Å²) in [7, 11) is 0. The second kappa shape index (κ2) is 16.4. The second-order valence-corrected chi connectivity index (χ2v) is 22.2. The Kier molecular flexibility index (Phi) is 9.22. The van der Waals surface area contributed by atoms with E-state index in [1.54, 1.807) is 0 Å². The van der Waals surface area contributed by atoms with Crippen molar-refractivity contribution in [1.29, 1.82) is 0 Å². The molecule has 6 heterocycles. The summed E-state index contributed by atoms with van der Waals surface area (Å²) in [5.41, 5.74) is 17.7. The van der Waals surface area contributed by atoms with Crippen molar-refractivity contribution >= 4 is 138 Å². The molecule has 0 saturated heterocycles. The van der Waals surface area contributed by atoms with Gasteiger partial charge in [-0.2, -0.15) is 0 Å². The SMILES string of the molecule is CC(C)c1ccc(N(c2cccc3c2oc2ccccc23)c2cc3c(c4c2c2cccc5c6c(N(c7ccc(C(C)C)cc7)c7cccc8c7oc7ccccc78)cc7c8ccccc8oc7c6n4c25)OC2C=CC=CC32)cc1. The number of aromatic nitrogens is 1. The number of nitrogens with zero attached hydrogens (tertiary/aromatic N) is 3. The molecule has 17 rings (SSSR count). The van der Waals surface area contributed by atoms with E-state index in [1.807, 2.05) is 12.1 Å². The number of ether oxygens (including phenoxy) is 1. The van der Waals surface area contributed by atoms with Crippen LogP contribution in [0.5, 0.6) is 5.75 Å². The van der Waals surface area contributed by atoms with Crippen molar-refractivity contribution < 1.29 is 18.0 Å². The number of benzene rings is 10. The lowest BCUT2D eigenvalue weighted by Crippen LogP contribution is -2.15. The third-order valence-corrected chi connectivity index (χ3v) is 17.2. The molecule has 0 N–H and O–H groups in total. The molecule has 79 heavy (non-hydrogen) atoms. The fraction of sp³-hybridized carbons (Fsp3) is 0.111. The van der Waals surface area contributed by atoms with Crippen LogP contribution in [0.2, 0.25) is 0 Å². The number of anilines is 6. The number of hydrogen-bond acceptors (Lipinski definition) is 6. The minimum absolute atomic E-state index is 0.0207. The Morgan fingerprint density at radius 3 is 1.41 bits per heavy atom. The van der Waals surface area contributed by atoms with Crippen molar-refractivity contribution in [2.45, 2.75) is 51.6 Å². The third-order valence-electron chi connectivity index (χ3n) is 17.2. The standard InChI is InChI=1S/C72H51N3O4/c1-40(2)42-30-34-44(35-31-42)73(56-24-14-20-50-46-16-5-9-26-60(46)76-69(50)56)58-38-54-48-18-7-11-28-62(48)78-71(54)67-64(58)52-22-13-23-53-65-59(39-55-49-19-8-12-29-63(49)79-72(55)68(65)75(67)66(52)53)74(45-36-32-43(33-37-45)41(3)4)57-25-15-21-51-47-17-6-10-27-61(47)77-70(51)57/h5-41,48,62H,1-4H3. The predicted molar refractivity (Wildman–Crippen MR) is 326 cm³/mol. The van der Waals surface area contributed by atoms with E-state index in [9.17, 15) is 0 Å². The van der Waals surface area contributed by atoms with Crippen LogP contribution in [-0.4, -0.2) is 10.5 Å². The Balaban J connectivity index is 1.05. The maximum Gasteiger partial charge on any atom is 0.160 e. The van der Waals surface area contributed by atoms with Crippen LogP contribution in [-0.2, 0) is 0 Å². The molecular weight excluding hydrogens is 971 g/mol. The monoisotopic (exact) mass is 1020 g/mol. The molecule has 1 aliphatic heterocycles. The smallest absolute Gasteiger partial charge is 0.160 e. The van der Waals surface area contributed by atoms with E-state index in [2.05, 4.69) is 242 Å². The Morgan fingerprint density at radius 1 is 0.392 bits per heavy atom. The Bertz CT molecular complexity index is 5080. The fourth-order valence-electron chi connectivity index (χ4n) is 13.5. The van der Waals surface area contributed by atoms with Crippen LogP contribution in [0, 0.1) is 0 Å². The van der Waals surface area contributed by atoms with Gasteiger partial charge >= 0.3 is 0 Å². The molecule has 10 aromatic carbocycles. The summed E-state index contributed by atoms with van der Waals surface area (Å²) in [5.74, 6) is 1.58. The predicted octanol–water partition coefficient (Wildman–Crippen LogP) is 20.7. The first-order valence-electron chi connectivity index (χ1n) is 27.6. The minimum Gasteiger partial charge on any atom is -0.483 e. The largest absolute Gasteiger partial charge is 0.483 e. The van der Waals surface area contributed by atoms with Crippen LogP contribution in [0.15, 0.2) is 226 Å². The normalized spacial score (nSPS) is 15.3. The quantitative estimate of drug-likeness (QED) is 0.151. The van der Waals surface area contributed by atoms with E-state index in [-0.39, 0.29) is 12.0 Å². The van der Waals surface area contributed by atoms with Gasteiger partial charge in [-0.05, 0) is 95.8 Å². The third kappa shape index (κ3) is 6.18. The van der Waals surface area contributed by atoms with Crippen LogP contribution >= 0.6 is 0 Å². The molecule has 5 aromatic heterocycles. The highest BCUT2D eigenvalue weighted by Crippen LogP contribution is 2.58. The van der Waals surface area contributed by atoms with Crippen molar-refractivity contribution in [1.82, 2.24) is 4.40 Å². The summed E-state index contributed by atoms with van der Waals surface area (Å²) in [6, 6.07) is 68.1. The van der Waals surface area contributed by atoms with Crippen LogP contribution < -0.4 is 14.5 Å². The van der Waals surface area contributed by atoms with Gasteiger partial charge in [-0.25, -0.2) is 0 Å². The summed E-state index contributed by atoms with van der Waals surface area (Å²) in [6.07, 6.45) is 8.60. The average molecular weight is 1020 g/mol. The van der Waals surface area contributed by atoms with E-state index >= 15 is 0 Å². The number of fused-ring (bicyclic) bond motifs is 20. The molecule has 0 amide bonds. The number of allylic oxidation sites excluding steroid dienone is 2. The number of hydrogen-bond donors (Lipinski definition) is 0. The Morgan fingerprint density at radius 2 is 0.848 bits per heavy atom. The maximum atomic E-state index is 7.38. The van der Waals surface area contributed by atoms with Gasteiger partial charge in [0.25, 0.3) is 0 Å². The summed E-state index contributed by atoms with van der Waals surface area (Å²) in [4.78, 5) is 4.87. The van der Waals surface area contributed by atoms with Gasteiger partial charge in [-0.1, -0.05) is 167 Å². The van der Waals surface area contributed by atoms with E-state index in [4.69, 9.17) is 18.0 Å². The fourth-order valence-corrected chi connectivity index (χ4v) is 13.5. The van der Waals surface area contributed by atoms with Crippen LogP contribution in [0.1, 0.15) is 62.1 Å². The number of para-hydroxylation sites is 6. The molecule has 0 saturated carbocycles. The molecule has 2 atom stereocenters. The molecular formula is C72H51N3O4. The number of furan rings is 3. The lowest BCUT2D eigenvalue weighted by Gasteiger charge is -2.28. The molecule has 7 nitrogen and oxygen atoms in total. The summed E-state index contributed by atoms with van der Waals surface area (Å²) >= 11 is 0. The molecule has 1 aliphatic carbocycles. The minimum atomic E-state index is -0.187. The van der Waals surface area contributed by atoms with E-state index in [1.165, 1.54) is 11.1 Å². The highest BCUT2D eigenvalue weighted by Gasteiger charge is 2.39. The zero-order valence-electron chi connectivity index (χ0n) is 44.0. The van der Waals surface area contributed by atoms with E-state index in [0.717, 1.165) is 149 Å². The van der Waals surface area contributed by atoms with Gasteiger partial charge in [-0.15, -0.1) is 0 Å². The highest BCUT2D eigenvalue weighted by molar-refractivity contribution is 6.34. The van der Waals surface area contributed by atoms with E-state index < -0.39 is 0 Å².